The molecular weight excluding hydrogens is 346 g/mol. The minimum Gasteiger partial charge on any atom is -0.495 e. The smallest absolute Gasteiger partial charge is 0.277 e. The molecule has 1 amide bonds. The third-order valence-corrected chi connectivity index (χ3v) is 5.35. The van der Waals surface area contributed by atoms with Crippen LogP contribution in [0.2, 0.25) is 0 Å². The van der Waals surface area contributed by atoms with Gasteiger partial charge in [0, 0.05) is 5.56 Å². The van der Waals surface area contributed by atoms with Gasteiger partial charge in [0.05, 0.1) is 24.5 Å². The minimum absolute atomic E-state index is 0.0665. The van der Waals surface area contributed by atoms with Gasteiger partial charge in [-0.2, -0.15) is 16.4 Å². The Hall–Kier alpha value is -2.60. The van der Waals surface area contributed by atoms with E-state index >= 15 is 0 Å². The number of carbonyl (C=O) groups excluding carboxylic acids is 1. The summed E-state index contributed by atoms with van der Waals surface area (Å²) >= 11 is 1.63. The third kappa shape index (κ3) is 2.61. The van der Waals surface area contributed by atoms with Crippen LogP contribution in [0.25, 0.3) is 0 Å². The number of rotatable bonds is 5. The molecule has 26 heavy (non-hydrogen) atoms. The van der Waals surface area contributed by atoms with Gasteiger partial charge in [0.1, 0.15) is 11.4 Å². The molecule has 1 atom stereocenters. The van der Waals surface area contributed by atoms with Gasteiger partial charge >= 0.3 is 0 Å². The summed E-state index contributed by atoms with van der Waals surface area (Å²) < 4.78 is 5.52. The van der Waals surface area contributed by atoms with Gasteiger partial charge < -0.3 is 4.74 Å². The number of anilines is 1. The molecular formula is C20H21N3O2S. The topological polar surface area (TPSA) is 58.2 Å². The number of benzene rings is 1. The van der Waals surface area contributed by atoms with Crippen molar-refractivity contribution in [2.75, 3.05) is 12.0 Å². The number of aromatic amines is 1. The van der Waals surface area contributed by atoms with Crippen LogP contribution >= 0.6 is 11.3 Å². The second-order valence-electron chi connectivity index (χ2n) is 6.86. The van der Waals surface area contributed by atoms with E-state index in [9.17, 15) is 4.79 Å². The summed E-state index contributed by atoms with van der Waals surface area (Å²) in [6.45, 7) is 4.32. The van der Waals surface area contributed by atoms with E-state index in [2.05, 4.69) is 35.5 Å². The molecule has 1 aliphatic rings. The Kier molecular flexibility index (Phi) is 4.28. The molecule has 5 nitrogen and oxygen atoms in total. The van der Waals surface area contributed by atoms with E-state index in [4.69, 9.17) is 4.74 Å². The zero-order valence-electron chi connectivity index (χ0n) is 15.0. The molecule has 3 heterocycles. The lowest BCUT2D eigenvalue weighted by molar-refractivity contribution is 0.0988. The average Bonchev–Trinajstić information content (AvgIpc) is 3.34. The van der Waals surface area contributed by atoms with Crippen molar-refractivity contribution in [1.82, 2.24) is 10.2 Å². The van der Waals surface area contributed by atoms with Gasteiger partial charge in [0.25, 0.3) is 5.91 Å². The van der Waals surface area contributed by atoms with E-state index in [1.165, 1.54) is 0 Å². The molecule has 1 N–H and O–H groups in total. The minimum atomic E-state index is -0.187. The summed E-state index contributed by atoms with van der Waals surface area (Å²) in [6.07, 6.45) is 0.833. The van der Waals surface area contributed by atoms with Gasteiger partial charge in [-0.25, -0.2) is 0 Å². The first-order chi connectivity index (χ1) is 12.6. The first-order valence-electron chi connectivity index (χ1n) is 8.67. The highest BCUT2D eigenvalue weighted by Gasteiger charge is 2.43. The Labute approximate surface area is 156 Å². The fraction of sp³-hybridized carbons (Fsp3) is 0.300. The van der Waals surface area contributed by atoms with Crippen LogP contribution < -0.4 is 9.64 Å². The number of carbonyl (C=O) groups is 1. The van der Waals surface area contributed by atoms with Crippen LogP contribution in [-0.2, 0) is 6.42 Å². The number of nitrogens with one attached hydrogen (secondary N) is 1. The first-order valence-corrected chi connectivity index (χ1v) is 9.62. The third-order valence-electron chi connectivity index (χ3n) is 4.65. The Bertz CT molecular complexity index is 930. The maximum atomic E-state index is 13.3. The fourth-order valence-electron chi connectivity index (χ4n) is 3.58. The standard InChI is InChI=1S/C20H21N3O2S/c1-12(2)10-14-17-18(22-21-14)20(24)23(19(17)13-8-9-26-11-13)15-6-4-5-7-16(15)25-3/h4-9,11-12,19H,10H2,1-3H3,(H,21,22). The largest absolute Gasteiger partial charge is 0.495 e. The molecule has 0 radical (unpaired) electrons. The Balaban J connectivity index is 1.90. The van der Waals surface area contributed by atoms with Gasteiger partial charge in [-0.05, 0) is 46.9 Å². The van der Waals surface area contributed by atoms with Crippen LogP contribution in [0.5, 0.6) is 5.75 Å². The predicted molar refractivity (Wildman–Crippen MR) is 103 cm³/mol. The second kappa shape index (κ2) is 6.61. The first kappa shape index (κ1) is 16.8. The molecule has 0 bridgehead atoms. The zero-order valence-corrected chi connectivity index (χ0v) is 15.8. The molecule has 4 rings (SSSR count). The molecule has 134 valence electrons. The number of fused-ring (bicyclic) bond motifs is 1. The molecule has 0 fully saturated rings. The molecule has 1 aromatic carbocycles. The number of nitrogens with zero attached hydrogens (tertiary/aromatic N) is 2. The van der Waals surface area contributed by atoms with Gasteiger partial charge in [0.2, 0.25) is 0 Å². The number of amides is 1. The quantitative estimate of drug-likeness (QED) is 0.726. The van der Waals surface area contributed by atoms with Gasteiger partial charge in [0.15, 0.2) is 0 Å². The lowest BCUT2D eigenvalue weighted by Gasteiger charge is -2.27. The Morgan fingerprint density at radius 3 is 2.81 bits per heavy atom. The summed E-state index contributed by atoms with van der Waals surface area (Å²) in [7, 11) is 1.63. The van der Waals surface area contributed by atoms with Crippen LogP contribution in [-0.4, -0.2) is 23.2 Å². The van der Waals surface area contributed by atoms with E-state index in [1.807, 2.05) is 34.5 Å². The number of para-hydroxylation sites is 2. The Morgan fingerprint density at radius 2 is 2.12 bits per heavy atom. The molecule has 3 aromatic rings. The maximum absolute atomic E-state index is 13.3. The highest BCUT2D eigenvalue weighted by molar-refractivity contribution is 7.08. The average molecular weight is 367 g/mol. The molecule has 2 aromatic heterocycles. The van der Waals surface area contributed by atoms with Crippen molar-refractivity contribution in [3.63, 3.8) is 0 Å². The van der Waals surface area contributed by atoms with Crippen LogP contribution in [0.1, 0.15) is 47.2 Å². The number of ether oxygens (including phenoxy) is 1. The fourth-order valence-corrected chi connectivity index (χ4v) is 4.26. The van der Waals surface area contributed by atoms with Gasteiger partial charge in [-0.1, -0.05) is 26.0 Å². The van der Waals surface area contributed by atoms with Crippen molar-refractivity contribution in [1.29, 1.82) is 0 Å². The number of H-pyrrole nitrogens is 1. The lowest BCUT2D eigenvalue weighted by atomic mass is 9.97. The van der Waals surface area contributed by atoms with Crippen LogP contribution in [0, 0.1) is 5.92 Å². The van der Waals surface area contributed by atoms with Crippen molar-refractivity contribution >= 4 is 22.9 Å². The predicted octanol–water partition coefficient (Wildman–Crippen LogP) is 4.43. The summed E-state index contributed by atoms with van der Waals surface area (Å²) in [5.41, 5.74) is 4.42. The van der Waals surface area contributed by atoms with E-state index in [0.29, 0.717) is 17.4 Å². The highest BCUT2D eigenvalue weighted by Crippen LogP contribution is 2.45. The number of methoxy groups -OCH3 is 1. The van der Waals surface area contributed by atoms with Crippen molar-refractivity contribution < 1.29 is 9.53 Å². The summed E-state index contributed by atoms with van der Waals surface area (Å²) in [4.78, 5) is 15.1. The maximum Gasteiger partial charge on any atom is 0.277 e. The number of hydrogen-bond acceptors (Lipinski definition) is 4. The summed E-state index contributed by atoms with van der Waals surface area (Å²) in [5.74, 6) is 1.08. The van der Waals surface area contributed by atoms with Crippen molar-refractivity contribution in [2.24, 2.45) is 5.92 Å². The van der Waals surface area contributed by atoms with Gasteiger partial charge in [-0.3, -0.25) is 14.8 Å². The van der Waals surface area contributed by atoms with Crippen LogP contribution in [0.15, 0.2) is 41.1 Å². The van der Waals surface area contributed by atoms with Crippen molar-refractivity contribution in [2.45, 2.75) is 26.3 Å². The van der Waals surface area contributed by atoms with E-state index in [1.54, 1.807) is 18.4 Å². The van der Waals surface area contributed by atoms with Crippen LogP contribution in [0.3, 0.4) is 0 Å². The lowest BCUT2D eigenvalue weighted by Crippen LogP contribution is -2.29. The molecule has 1 unspecified atom stereocenters. The number of aromatic nitrogens is 2. The monoisotopic (exact) mass is 367 g/mol. The van der Waals surface area contributed by atoms with E-state index in [-0.39, 0.29) is 11.9 Å². The van der Waals surface area contributed by atoms with Crippen molar-refractivity contribution in [3.05, 3.63) is 63.6 Å². The summed E-state index contributed by atoms with van der Waals surface area (Å²) in [6, 6.07) is 9.54. The van der Waals surface area contributed by atoms with E-state index in [0.717, 1.165) is 28.9 Å². The Morgan fingerprint density at radius 1 is 1.31 bits per heavy atom. The highest BCUT2D eigenvalue weighted by atomic mass is 32.1. The summed E-state index contributed by atoms with van der Waals surface area (Å²) in [5, 5.41) is 11.6. The van der Waals surface area contributed by atoms with Crippen molar-refractivity contribution in [3.8, 4) is 5.75 Å². The zero-order chi connectivity index (χ0) is 18.3. The number of hydrogen-bond donors (Lipinski definition) is 1. The van der Waals surface area contributed by atoms with E-state index < -0.39 is 0 Å². The molecule has 0 saturated heterocycles. The molecule has 0 spiro atoms. The van der Waals surface area contributed by atoms with Gasteiger partial charge in [-0.15, -0.1) is 0 Å². The number of thiophene rings is 1. The molecule has 1 aliphatic heterocycles. The molecule has 6 heteroatoms. The SMILES string of the molecule is COc1ccccc1N1C(=O)c2[nH]nc(CC(C)C)c2C1c1ccsc1. The van der Waals surface area contributed by atoms with Crippen LogP contribution in [0.4, 0.5) is 5.69 Å². The molecule has 0 aliphatic carbocycles. The second-order valence-corrected chi connectivity index (χ2v) is 7.64. The normalized spacial score (nSPS) is 16.4. The molecule has 0 saturated carbocycles.